The van der Waals surface area contributed by atoms with Crippen LogP contribution in [0.5, 0.6) is 0 Å². The van der Waals surface area contributed by atoms with Crippen LogP contribution < -0.4 is 5.73 Å². The summed E-state index contributed by atoms with van der Waals surface area (Å²) in [6.07, 6.45) is 6.52. The van der Waals surface area contributed by atoms with E-state index < -0.39 is 5.67 Å². The third kappa shape index (κ3) is 4.63. The number of halogens is 2. The number of aryl methyl sites for hydroxylation is 1. The molecule has 0 spiro atoms. The molecule has 0 unspecified atom stereocenters. The summed E-state index contributed by atoms with van der Waals surface area (Å²) >= 11 is 0. The number of nitrogens with two attached hydrogens (primary N) is 1. The van der Waals surface area contributed by atoms with Crippen molar-refractivity contribution in [1.82, 2.24) is 14.8 Å². The average molecular weight is 350 g/mol. The van der Waals surface area contributed by atoms with Crippen LogP contribution in [-0.2, 0) is 17.0 Å². The normalized spacial score (nSPS) is 17.2. The Morgan fingerprint density at radius 2 is 2.16 bits per heavy atom. The molecule has 1 aromatic heterocycles. The largest absolute Gasteiger partial charge is 0.489 e. The zero-order chi connectivity index (χ0) is 18.4. The summed E-state index contributed by atoms with van der Waals surface area (Å²) in [6.45, 7) is 8.33. The number of nitrogens with zero attached hydrogens (tertiary/aromatic N) is 3. The molecular formula is C18H24F2N4O. The molecule has 5 nitrogen and oxygen atoms in total. The number of alkyl halides is 1. The first-order chi connectivity index (χ1) is 12.0. The van der Waals surface area contributed by atoms with E-state index in [1.54, 1.807) is 29.8 Å². The van der Waals surface area contributed by atoms with Crippen LogP contribution in [0.1, 0.15) is 38.3 Å². The van der Waals surface area contributed by atoms with E-state index in [1.165, 1.54) is 0 Å². The Labute approximate surface area is 146 Å². The van der Waals surface area contributed by atoms with Crippen LogP contribution in [-0.4, -0.2) is 27.9 Å². The van der Waals surface area contributed by atoms with Crippen LogP contribution in [0.3, 0.4) is 0 Å². The second-order valence-corrected chi connectivity index (χ2v) is 5.85. The summed E-state index contributed by atoms with van der Waals surface area (Å²) in [4.78, 5) is 4.31. The second kappa shape index (κ2) is 8.20. The summed E-state index contributed by atoms with van der Waals surface area (Å²) in [6, 6.07) is 0. The molecule has 0 bridgehead atoms. The number of rotatable bonds is 9. The van der Waals surface area contributed by atoms with Crippen molar-refractivity contribution < 1.29 is 13.5 Å². The Bertz CT molecular complexity index is 715. The van der Waals surface area contributed by atoms with Crippen LogP contribution in [0.25, 0.3) is 5.57 Å². The number of ether oxygens (including phenoxy) is 1. The SMILES string of the molecule is C=C(/C=C\C(=C/C)OC/C(=C/F)CN)c1nc(C2(F)CC2)n(CC)n1. The molecule has 2 rings (SSSR count). The standard InChI is InChI=1S/C18H24F2N4O/c1-4-15(25-12-14(10-19)11-21)7-6-13(3)16-22-17(18(20)8-9-18)24(5-2)23-16/h4,6-7,10H,3,5,8-9,11-12,21H2,1-2H3/b7-6-,14-10+,15-4+. The molecule has 0 aliphatic heterocycles. The molecule has 1 aliphatic rings. The van der Waals surface area contributed by atoms with Gasteiger partial charge in [-0.25, -0.2) is 18.4 Å². The Morgan fingerprint density at radius 3 is 2.68 bits per heavy atom. The number of aromatic nitrogens is 3. The number of allylic oxidation sites excluding steroid dienone is 4. The lowest BCUT2D eigenvalue weighted by Gasteiger charge is -2.07. The smallest absolute Gasteiger partial charge is 0.180 e. The van der Waals surface area contributed by atoms with Gasteiger partial charge < -0.3 is 10.5 Å². The fraction of sp³-hybridized carbons (Fsp3) is 0.444. The van der Waals surface area contributed by atoms with Crippen molar-refractivity contribution in [3.8, 4) is 0 Å². The lowest BCUT2D eigenvalue weighted by atomic mass is 10.2. The fourth-order valence-corrected chi connectivity index (χ4v) is 2.16. The van der Waals surface area contributed by atoms with Crippen LogP contribution in [0.2, 0.25) is 0 Å². The van der Waals surface area contributed by atoms with Crippen molar-refractivity contribution in [2.45, 2.75) is 38.9 Å². The monoisotopic (exact) mass is 350 g/mol. The van der Waals surface area contributed by atoms with E-state index in [0.29, 0.717) is 54.3 Å². The van der Waals surface area contributed by atoms with Gasteiger partial charge in [-0.05, 0) is 44.9 Å². The Kier molecular flexibility index (Phi) is 6.25. The molecule has 25 heavy (non-hydrogen) atoms. The van der Waals surface area contributed by atoms with Gasteiger partial charge >= 0.3 is 0 Å². The molecule has 0 aromatic carbocycles. The summed E-state index contributed by atoms with van der Waals surface area (Å²) in [5.41, 5.74) is 4.94. The van der Waals surface area contributed by atoms with Gasteiger partial charge in [-0.15, -0.1) is 0 Å². The first-order valence-corrected chi connectivity index (χ1v) is 8.26. The van der Waals surface area contributed by atoms with Crippen LogP contribution in [0.4, 0.5) is 8.78 Å². The second-order valence-electron chi connectivity index (χ2n) is 5.85. The maximum absolute atomic E-state index is 14.3. The van der Waals surface area contributed by atoms with Crippen molar-refractivity contribution in [3.05, 3.63) is 54.1 Å². The Balaban J connectivity index is 2.05. The van der Waals surface area contributed by atoms with Gasteiger partial charge in [0.2, 0.25) is 0 Å². The Morgan fingerprint density at radius 1 is 1.44 bits per heavy atom. The van der Waals surface area contributed by atoms with E-state index in [4.69, 9.17) is 10.5 Å². The molecule has 1 saturated carbocycles. The highest BCUT2D eigenvalue weighted by molar-refractivity contribution is 5.67. The van der Waals surface area contributed by atoms with Gasteiger partial charge in [0.25, 0.3) is 0 Å². The summed E-state index contributed by atoms with van der Waals surface area (Å²) in [7, 11) is 0. The van der Waals surface area contributed by atoms with Gasteiger partial charge in [0.05, 0.1) is 6.33 Å². The lowest BCUT2D eigenvalue weighted by Crippen LogP contribution is -2.10. The van der Waals surface area contributed by atoms with Gasteiger partial charge in [0.1, 0.15) is 12.4 Å². The lowest BCUT2D eigenvalue weighted by molar-refractivity contribution is 0.250. The van der Waals surface area contributed by atoms with Gasteiger partial charge in [0, 0.05) is 24.2 Å². The molecule has 0 radical (unpaired) electrons. The van der Waals surface area contributed by atoms with Gasteiger partial charge in [0.15, 0.2) is 17.3 Å². The molecule has 1 aliphatic carbocycles. The third-order valence-corrected chi connectivity index (χ3v) is 3.92. The van der Waals surface area contributed by atoms with Gasteiger partial charge in [-0.3, -0.25) is 0 Å². The topological polar surface area (TPSA) is 66.0 Å². The molecule has 0 amide bonds. The minimum atomic E-state index is -1.35. The molecule has 1 fully saturated rings. The van der Waals surface area contributed by atoms with Crippen molar-refractivity contribution in [2.75, 3.05) is 13.2 Å². The van der Waals surface area contributed by atoms with Crippen molar-refractivity contribution >= 4 is 5.57 Å². The average Bonchev–Trinajstić information content (AvgIpc) is 3.21. The maximum Gasteiger partial charge on any atom is 0.180 e. The van der Waals surface area contributed by atoms with Crippen LogP contribution in [0.15, 0.2) is 42.5 Å². The molecule has 7 heteroatoms. The van der Waals surface area contributed by atoms with Gasteiger partial charge in [-0.1, -0.05) is 6.58 Å². The van der Waals surface area contributed by atoms with Crippen molar-refractivity contribution in [1.29, 1.82) is 0 Å². The number of hydrogen-bond acceptors (Lipinski definition) is 4. The van der Waals surface area contributed by atoms with E-state index in [1.807, 2.05) is 6.92 Å². The van der Waals surface area contributed by atoms with Crippen molar-refractivity contribution in [3.63, 3.8) is 0 Å². The van der Waals surface area contributed by atoms with Crippen LogP contribution in [0, 0.1) is 0 Å². The molecular weight excluding hydrogens is 326 g/mol. The summed E-state index contributed by atoms with van der Waals surface area (Å²) < 4.78 is 33.9. The molecule has 0 atom stereocenters. The third-order valence-electron chi connectivity index (χ3n) is 3.92. The highest BCUT2D eigenvalue weighted by Gasteiger charge is 2.49. The van der Waals surface area contributed by atoms with E-state index in [2.05, 4.69) is 16.7 Å². The van der Waals surface area contributed by atoms with Crippen LogP contribution >= 0.6 is 0 Å². The van der Waals surface area contributed by atoms with E-state index >= 15 is 0 Å². The minimum absolute atomic E-state index is 0.0702. The summed E-state index contributed by atoms with van der Waals surface area (Å²) in [5.74, 6) is 1.29. The molecule has 1 aromatic rings. The molecule has 136 valence electrons. The fourth-order valence-electron chi connectivity index (χ4n) is 2.16. The quantitative estimate of drug-likeness (QED) is 0.546. The molecule has 0 saturated heterocycles. The highest BCUT2D eigenvalue weighted by Crippen LogP contribution is 2.48. The van der Waals surface area contributed by atoms with Crippen molar-refractivity contribution in [2.24, 2.45) is 5.73 Å². The first-order valence-electron chi connectivity index (χ1n) is 8.26. The molecule has 2 N–H and O–H groups in total. The van der Waals surface area contributed by atoms with Gasteiger partial charge in [-0.2, -0.15) is 5.10 Å². The summed E-state index contributed by atoms with van der Waals surface area (Å²) in [5, 5.41) is 4.32. The van der Waals surface area contributed by atoms with E-state index in [-0.39, 0.29) is 13.2 Å². The van der Waals surface area contributed by atoms with E-state index in [0.717, 1.165) is 0 Å². The zero-order valence-electron chi connectivity index (χ0n) is 14.6. The maximum atomic E-state index is 14.3. The predicted molar refractivity (Wildman–Crippen MR) is 93.8 cm³/mol. The predicted octanol–water partition coefficient (Wildman–Crippen LogP) is 3.56. The minimum Gasteiger partial charge on any atom is -0.489 e. The van der Waals surface area contributed by atoms with E-state index in [9.17, 15) is 8.78 Å². The number of hydrogen-bond donors (Lipinski definition) is 1. The Hall–Kier alpha value is -2.28. The first kappa shape index (κ1) is 19.1. The molecule has 1 heterocycles. The zero-order valence-corrected chi connectivity index (χ0v) is 14.6. The highest BCUT2D eigenvalue weighted by atomic mass is 19.1.